The third-order valence-electron chi connectivity index (χ3n) is 0.129. The zero-order chi connectivity index (χ0) is 3.41. The summed E-state index contributed by atoms with van der Waals surface area (Å²) in [5.74, 6) is 0.778. The molecular weight excluding hydrogens is 91.1 g/mol. The summed E-state index contributed by atoms with van der Waals surface area (Å²) in [5.41, 5.74) is 0. The fourth-order valence-electron chi connectivity index (χ4n) is 0. The van der Waals surface area contributed by atoms with Gasteiger partial charge in [-0.1, -0.05) is 6.08 Å². The fourth-order valence-corrected chi connectivity index (χ4v) is 0. The average Bonchev–Trinajstić information content (AvgIpc) is 1.37. The Morgan fingerprint density at radius 1 is 1.80 bits per heavy atom. The molecule has 0 saturated heterocycles. The van der Waals surface area contributed by atoms with Gasteiger partial charge in [-0.3, -0.25) is 0 Å². The van der Waals surface area contributed by atoms with E-state index < -0.39 is 0 Å². The van der Waals surface area contributed by atoms with E-state index in [1.807, 2.05) is 0 Å². The molecule has 0 atom stereocenters. The van der Waals surface area contributed by atoms with Gasteiger partial charge >= 0.3 is 29.6 Å². The first kappa shape index (κ1) is 9.43. The van der Waals surface area contributed by atoms with Gasteiger partial charge in [-0.2, -0.15) is 12.6 Å². The minimum atomic E-state index is 0. The Balaban J connectivity index is 0. The van der Waals surface area contributed by atoms with Crippen molar-refractivity contribution in [1.82, 2.24) is 0 Å². The molecule has 0 bridgehead atoms. The molecule has 0 aromatic heterocycles. The van der Waals surface area contributed by atoms with Crippen molar-refractivity contribution >= 4 is 42.2 Å². The van der Waals surface area contributed by atoms with Gasteiger partial charge in [0.1, 0.15) is 0 Å². The molecule has 0 aliphatic heterocycles. The summed E-state index contributed by atoms with van der Waals surface area (Å²) in [6.07, 6.45) is 1.74. The number of rotatable bonds is 1. The van der Waals surface area contributed by atoms with Crippen LogP contribution >= 0.6 is 12.6 Å². The van der Waals surface area contributed by atoms with E-state index in [-0.39, 0.29) is 29.6 Å². The van der Waals surface area contributed by atoms with E-state index in [2.05, 4.69) is 19.2 Å². The maximum absolute atomic E-state index is 3.80. The van der Waals surface area contributed by atoms with Crippen LogP contribution in [0.3, 0.4) is 0 Å². The molecule has 26 valence electrons. The number of hydrogen-bond acceptors (Lipinski definition) is 1. The second-order valence-corrected chi connectivity index (χ2v) is 0.836. The predicted molar refractivity (Wildman–Crippen MR) is 31.2 cm³/mol. The molecule has 0 aliphatic rings. The minimum absolute atomic E-state index is 0. The molecule has 2 heteroatoms. The van der Waals surface area contributed by atoms with Gasteiger partial charge in [0.2, 0.25) is 0 Å². The molecule has 0 N–H and O–H groups in total. The number of thiol groups is 1. The average molecular weight is 98.1 g/mol. The first-order valence-electron chi connectivity index (χ1n) is 1.13. The summed E-state index contributed by atoms with van der Waals surface area (Å²) in [5, 5.41) is 0. The van der Waals surface area contributed by atoms with Crippen LogP contribution < -0.4 is 0 Å². The third kappa shape index (κ3) is 11.1. The first-order chi connectivity index (χ1) is 1.91. The molecule has 0 unspecified atom stereocenters. The molecule has 0 nitrogen and oxygen atoms in total. The third-order valence-corrected chi connectivity index (χ3v) is 0.387. The van der Waals surface area contributed by atoms with Crippen molar-refractivity contribution < 1.29 is 0 Å². The van der Waals surface area contributed by atoms with Crippen molar-refractivity contribution in [3.05, 3.63) is 12.7 Å². The summed E-state index contributed by atoms with van der Waals surface area (Å²) in [4.78, 5) is 0. The van der Waals surface area contributed by atoms with Gasteiger partial charge in [0, 0.05) is 5.75 Å². The molecule has 0 aliphatic carbocycles. The van der Waals surface area contributed by atoms with E-state index in [4.69, 9.17) is 0 Å². The molecular formula is C3H7NaS. The Morgan fingerprint density at radius 2 is 2.00 bits per heavy atom. The van der Waals surface area contributed by atoms with Gasteiger partial charge in [0.05, 0.1) is 0 Å². The van der Waals surface area contributed by atoms with Gasteiger partial charge in [-0.15, -0.1) is 6.58 Å². The van der Waals surface area contributed by atoms with Crippen molar-refractivity contribution in [3.63, 3.8) is 0 Å². The van der Waals surface area contributed by atoms with Gasteiger partial charge in [0.15, 0.2) is 0 Å². The summed E-state index contributed by atoms with van der Waals surface area (Å²) < 4.78 is 0. The molecule has 0 aromatic rings. The van der Waals surface area contributed by atoms with Crippen molar-refractivity contribution in [1.29, 1.82) is 0 Å². The Labute approximate surface area is 60.3 Å². The van der Waals surface area contributed by atoms with Crippen LogP contribution in [-0.4, -0.2) is 35.3 Å². The van der Waals surface area contributed by atoms with Crippen molar-refractivity contribution in [2.45, 2.75) is 0 Å². The van der Waals surface area contributed by atoms with Crippen LogP contribution in [0.2, 0.25) is 0 Å². The standard InChI is InChI=1S/C3H6S.Na.H/c1-2-3-4;;/h2,4H,1,3H2;;. The maximum atomic E-state index is 3.80. The second-order valence-electron chi connectivity index (χ2n) is 0.471. The Hall–Kier alpha value is 1.09. The Kier molecular flexibility index (Phi) is 16.8. The SMILES string of the molecule is C=CCS.[NaH]. The Morgan fingerprint density at radius 3 is 2.00 bits per heavy atom. The summed E-state index contributed by atoms with van der Waals surface area (Å²) in [6.45, 7) is 3.40. The van der Waals surface area contributed by atoms with Crippen LogP contribution in [0.1, 0.15) is 0 Å². The summed E-state index contributed by atoms with van der Waals surface area (Å²) in [7, 11) is 0. The molecule has 0 amide bonds. The number of hydrogen-bond donors (Lipinski definition) is 1. The predicted octanol–water partition coefficient (Wildman–Crippen LogP) is 0.454. The van der Waals surface area contributed by atoms with Crippen LogP contribution in [0, 0.1) is 0 Å². The van der Waals surface area contributed by atoms with Crippen molar-refractivity contribution in [2.24, 2.45) is 0 Å². The van der Waals surface area contributed by atoms with E-state index in [1.54, 1.807) is 6.08 Å². The van der Waals surface area contributed by atoms with E-state index in [9.17, 15) is 0 Å². The molecule has 5 heavy (non-hydrogen) atoms. The second kappa shape index (κ2) is 8.92. The topological polar surface area (TPSA) is 0 Å². The monoisotopic (exact) mass is 98.0 g/mol. The van der Waals surface area contributed by atoms with Crippen LogP contribution in [0.4, 0.5) is 0 Å². The zero-order valence-corrected chi connectivity index (χ0v) is 3.33. The van der Waals surface area contributed by atoms with E-state index in [0.717, 1.165) is 5.75 Å². The zero-order valence-electron chi connectivity index (χ0n) is 2.44. The first-order valence-corrected chi connectivity index (χ1v) is 1.77. The fraction of sp³-hybridized carbons (Fsp3) is 0.333. The van der Waals surface area contributed by atoms with Crippen molar-refractivity contribution in [2.75, 3.05) is 5.75 Å². The van der Waals surface area contributed by atoms with Crippen molar-refractivity contribution in [3.8, 4) is 0 Å². The van der Waals surface area contributed by atoms with Gasteiger partial charge in [0.25, 0.3) is 0 Å². The normalized spacial score (nSPS) is 5.00. The Bertz CT molecular complexity index is 20.9. The molecule has 0 saturated carbocycles. The van der Waals surface area contributed by atoms with Crippen LogP contribution in [0.15, 0.2) is 12.7 Å². The molecule has 0 heterocycles. The summed E-state index contributed by atoms with van der Waals surface area (Å²) in [6, 6.07) is 0. The molecule has 0 fully saturated rings. The molecule has 0 rings (SSSR count). The summed E-state index contributed by atoms with van der Waals surface area (Å²) >= 11 is 3.80. The van der Waals surface area contributed by atoms with Gasteiger partial charge in [-0.05, 0) is 0 Å². The van der Waals surface area contributed by atoms with E-state index >= 15 is 0 Å². The molecule has 0 spiro atoms. The van der Waals surface area contributed by atoms with E-state index in [0.29, 0.717) is 0 Å². The van der Waals surface area contributed by atoms with Crippen LogP contribution in [0.25, 0.3) is 0 Å². The van der Waals surface area contributed by atoms with Crippen LogP contribution in [-0.2, 0) is 0 Å². The molecule has 0 radical (unpaired) electrons. The van der Waals surface area contributed by atoms with Gasteiger partial charge < -0.3 is 0 Å². The van der Waals surface area contributed by atoms with Crippen LogP contribution in [0.5, 0.6) is 0 Å². The quantitative estimate of drug-likeness (QED) is 0.275. The van der Waals surface area contributed by atoms with Gasteiger partial charge in [-0.25, -0.2) is 0 Å². The molecule has 0 aromatic carbocycles. The van der Waals surface area contributed by atoms with E-state index in [1.165, 1.54) is 0 Å².